The molecule has 1 N–H and O–H groups in total. The Hall–Kier alpha value is -3.07. The van der Waals surface area contributed by atoms with Crippen molar-refractivity contribution in [1.82, 2.24) is 4.57 Å². The minimum atomic E-state index is 0.745. The van der Waals surface area contributed by atoms with Crippen molar-refractivity contribution < 1.29 is 0 Å². The molecule has 0 atom stereocenters. The van der Waals surface area contributed by atoms with Crippen LogP contribution in [0.1, 0.15) is 30.2 Å². The zero-order valence-electron chi connectivity index (χ0n) is 17.6. The molecule has 0 amide bonds. The van der Waals surface area contributed by atoms with Gasteiger partial charge in [0.15, 0.2) is 0 Å². The summed E-state index contributed by atoms with van der Waals surface area (Å²) in [6.07, 6.45) is 3.19. The first kappa shape index (κ1) is 19.3. The normalized spacial score (nSPS) is 11.7. The SMILES string of the molecule is CCCn1c(C)c(C=NCCNc2cccc3ccccc23)c2cc(C)ccc21. The molecule has 0 unspecified atom stereocenters. The number of hydrogen-bond acceptors (Lipinski definition) is 2. The molecule has 0 fully saturated rings. The maximum absolute atomic E-state index is 4.75. The number of aromatic nitrogens is 1. The minimum Gasteiger partial charge on any atom is -0.383 e. The van der Waals surface area contributed by atoms with Crippen molar-refractivity contribution in [2.24, 2.45) is 4.99 Å². The third-order valence-corrected chi connectivity index (χ3v) is 5.54. The van der Waals surface area contributed by atoms with E-state index in [1.807, 2.05) is 0 Å². The fourth-order valence-electron chi connectivity index (χ4n) is 4.09. The monoisotopic (exact) mass is 383 g/mol. The van der Waals surface area contributed by atoms with Gasteiger partial charge in [0.2, 0.25) is 0 Å². The maximum atomic E-state index is 4.75. The van der Waals surface area contributed by atoms with Crippen LogP contribution >= 0.6 is 0 Å². The molecule has 1 aromatic heterocycles. The second kappa shape index (κ2) is 8.52. The number of benzene rings is 3. The fraction of sp³-hybridized carbons (Fsp3) is 0.269. The van der Waals surface area contributed by atoms with Gasteiger partial charge in [0, 0.05) is 52.5 Å². The van der Waals surface area contributed by atoms with Crippen molar-refractivity contribution in [3.05, 3.63) is 77.5 Å². The van der Waals surface area contributed by atoms with E-state index in [2.05, 4.69) is 97.5 Å². The summed E-state index contributed by atoms with van der Waals surface area (Å²) < 4.78 is 2.42. The van der Waals surface area contributed by atoms with Crippen LogP contribution in [0.4, 0.5) is 5.69 Å². The molecule has 0 aliphatic rings. The molecule has 0 aliphatic carbocycles. The van der Waals surface area contributed by atoms with Gasteiger partial charge in [0.25, 0.3) is 0 Å². The highest BCUT2D eigenvalue weighted by Gasteiger charge is 2.12. The number of anilines is 1. The Morgan fingerprint density at radius 2 is 1.79 bits per heavy atom. The Balaban J connectivity index is 1.50. The predicted molar refractivity (Wildman–Crippen MR) is 127 cm³/mol. The zero-order valence-corrected chi connectivity index (χ0v) is 17.6. The van der Waals surface area contributed by atoms with Gasteiger partial charge in [-0.2, -0.15) is 0 Å². The lowest BCUT2D eigenvalue weighted by atomic mass is 10.1. The van der Waals surface area contributed by atoms with Gasteiger partial charge in [-0.1, -0.05) is 55.0 Å². The predicted octanol–water partition coefficient (Wildman–Crippen LogP) is 6.35. The van der Waals surface area contributed by atoms with Crippen molar-refractivity contribution in [3.63, 3.8) is 0 Å². The standard InChI is InChI=1S/C26H29N3/c1-4-16-29-20(3)24(23-17-19(2)12-13-26(23)29)18-27-14-15-28-25-11-7-9-21-8-5-6-10-22(21)25/h5-13,17-18,28H,4,14-16H2,1-3H3. The van der Waals surface area contributed by atoms with Crippen LogP contribution in [0.5, 0.6) is 0 Å². The largest absolute Gasteiger partial charge is 0.383 e. The Morgan fingerprint density at radius 1 is 0.966 bits per heavy atom. The average molecular weight is 384 g/mol. The molecule has 0 spiro atoms. The second-order valence-corrected chi connectivity index (χ2v) is 7.66. The van der Waals surface area contributed by atoms with Gasteiger partial charge in [-0.05, 0) is 43.9 Å². The number of nitrogens with zero attached hydrogens (tertiary/aromatic N) is 2. The van der Waals surface area contributed by atoms with Crippen LogP contribution in [0.25, 0.3) is 21.7 Å². The number of fused-ring (bicyclic) bond motifs is 2. The molecule has 3 heteroatoms. The Bertz CT molecular complexity index is 1160. The van der Waals surface area contributed by atoms with Gasteiger partial charge in [-0.15, -0.1) is 0 Å². The topological polar surface area (TPSA) is 29.3 Å². The highest BCUT2D eigenvalue weighted by atomic mass is 15.0. The molecule has 4 aromatic rings. The van der Waals surface area contributed by atoms with E-state index in [0.29, 0.717) is 0 Å². The summed E-state index contributed by atoms with van der Waals surface area (Å²) in [5, 5.41) is 7.37. The van der Waals surface area contributed by atoms with Gasteiger partial charge in [0.05, 0.1) is 6.54 Å². The Morgan fingerprint density at radius 3 is 2.66 bits per heavy atom. The Labute approximate surface area is 173 Å². The lowest BCUT2D eigenvalue weighted by Gasteiger charge is -2.08. The molecule has 0 bridgehead atoms. The van der Waals surface area contributed by atoms with E-state index in [1.165, 1.54) is 44.2 Å². The fourth-order valence-corrected chi connectivity index (χ4v) is 4.09. The summed E-state index contributed by atoms with van der Waals surface area (Å²) in [6, 6.07) is 21.6. The van der Waals surface area contributed by atoms with Crippen LogP contribution in [0, 0.1) is 13.8 Å². The molecule has 29 heavy (non-hydrogen) atoms. The van der Waals surface area contributed by atoms with Gasteiger partial charge >= 0.3 is 0 Å². The zero-order chi connectivity index (χ0) is 20.2. The quantitative estimate of drug-likeness (QED) is 0.292. The number of nitrogens with one attached hydrogen (secondary N) is 1. The third kappa shape index (κ3) is 3.91. The van der Waals surface area contributed by atoms with E-state index in [-0.39, 0.29) is 0 Å². The molecular weight excluding hydrogens is 354 g/mol. The molecule has 3 aromatic carbocycles. The summed E-state index contributed by atoms with van der Waals surface area (Å²) in [5.41, 5.74) is 6.33. The molecule has 0 saturated heterocycles. The molecule has 3 nitrogen and oxygen atoms in total. The van der Waals surface area contributed by atoms with Crippen molar-refractivity contribution in [3.8, 4) is 0 Å². The van der Waals surface area contributed by atoms with Crippen LogP contribution in [-0.2, 0) is 6.54 Å². The van der Waals surface area contributed by atoms with Crippen LogP contribution in [0.2, 0.25) is 0 Å². The lowest BCUT2D eigenvalue weighted by molar-refractivity contribution is 0.685. The molecule has 0 saturated carbocycles. The molecule has 1 heterocycles. The van der Waals surface area contributed by atoms with E-state index in [9.17, 15) is 0 Å². The second-order valence-electron chi connectivity index (χ2n) is 7.66. The van der Waals surface area contributed by atoms with Gasteiger partial charge in [-0.25, -0.2) is 0 Å². The van der Waals surface area contributed by atoms with E-state index in [0.717, 1.165) is 26.1 Å². The highest BCUT2D eigenvalue weighted by Crippen LogP contribution is 2.26. The summed E-state index contributed by atoms with van der Waals surface area (Å²) in [6.45, 7) is 9.20. The maximum Gasteiger partial charge on any atom is 0.0562 e. The first-order valence-electron chi connectivity index (χ1n) is 10.5. The molecule has 4 rings (SSSR count). The van der Waals surface area contributed by atoms with Gasteiger partial charge in [0.1, 0.15) is 0 Å². The van der Waals surface area contributed by atoms with Crippen molar-refractivity contribution in [2.45, 2.75) is 33.7 Å². The van der Waals surface area contributed by atoms with E-state index in [4.69, 9.17) is 4.99 Å². The van der Waals surface area contributed by atoms with Crippen molar-refractivity contribution in [2.75, 3.05) is 18.4 Å². The molecule has 148 valence electrons. The van der Waals surface area contributed by atoms with Gasteiger partial charge in [-0.3, -0.25) is 4.99 Å². The third-order valence-electron chi connectivity index (χ3n) is 5.54. The lowest BCUT2D eigenvalue weighted by Crippen LogP contribution is -2.05. The van der Waals surface area contributed by atoms with E-state index >= 15 is 0 Å². The molecule has 0 aliphatic heterocycles. The summed E-state index contributed by atoms with van der Waals surface area (Å²) in [7, 11) is 0. The smallest absolute Gasteiger partial charge is 0.0562 e. The van der Waals surface area contributed by atoms with Crippen molar-refractivity contribution in [1.29, 1.82) is 0 Å². The van der Waals surface area contributed by atoms with Crippen molar-refractivity contribution >= 4 is 33.6 Å². The van der Waals surface area contributed by atoms with Gasteiger partial charge < -0.3 is 9.88 Å². The van der Waals surface area contributed by atoms with E-state index in [1.54, 1.807) is 0 Å². The summed E-state index contributed by atoms with van der Waals surface area (Å²) >= 11 is 0. The molecular formula is C26H29N3. The summed E-state index contributed by atoms with van der Waals surface area (Å²) in [4.78, 5) is 4.75. The number of hydrogen-bond donors (Lipinski definition) is 1. The first-order valence-corrected chi connectivity index (χ1v) is 10.5. The average Bonchev–Trinajstić information content (AvgIpc) is 2.99. The minimum absolute atomic E-state index is 0.745. The van der Waals surface area contributed by atoms with Crippen LogP contribution < -0.4 is 5.32 Å². The Kier molecular flexibility index (Phi) is 5.66. The van der Waals surface area contributed by atoms with E-state index < -0.39 is 0 Å². The van der Waals surface area contributed by atoms with Crippen LogP contribution in [0.15, 0.2) is 65.7 Å². The summed E-state index contributed by atoms with van der Waals surface area (Å²) in [5.74, 6) is 0. The van der Waals surface area contributed by atoms with Crippen LogP contribution in [0.3, 0.4) is 0 Å². The number of rotatable bonds is 7. The highest BCUT2D eigenvalue weighted by molar-refractivity contribution is 6.01. The number of aliphatic imine (C=N–C) groups is 1. The molecule has 0 radical (unpaired) electrons. The first-order chi connectivity index (χ1) is 14.2. The number of aryl methyl sites for hydroxylation is 2. The van der Waals surface area contributed by atoms with Crippen LogP contribution in [-0.4, -0.2) is 23.9 Å².